The average molecular weight is 331 g/mol. The van der Waals surface area contributed by atoms with E-state index in [0.717, 1.165) is 6.07 Å². The highest BCUT2D eigenvalue weighted by atomic mass is 35.5. The number of carbonyl (C=O) groups is 1. The molecule has 0 aromatic heterocycles. The number of sulfonamides is 1. The third-order valence-electron chi connectivity index (χ3n) is 3.32. The summed E-state index contributed by atoms with van der Waals surface area (Å²) in [5.74, 6) is -1.24. The van der Waals surface area contributed by atoms with E-state index in [1.165, 1.54) is 12.1 Å². The lowest BCUT2D eigenvalue weighted by molar-refractivity contribution is -0.144. The molecule has 0 unspecified atom stereocenters. The van der Waals surface area contributed by atoms with Crippen LogP contribution in [0.15, 0.2) is 23.1 Å². The predicted molar refractivity (Wildman–Crippen MR) is 77.4 cm³/mol. The van der Waals surface area contributed by atoms with Gasteiger partial charge in [0.2, 0.25) is 10.0 Å². The second kappa shape index (κ2) is 6.43. The Morgan fingerprint density at radius 3 is 2.38 bits per heavy atom. The highest BCUT2D eigenvalue weighted by Gasteiger charge is 2.39. The van der Waals surface area contributed by atoms with Crippen molar-refractivity contribution in [3.8, 4) is 6.07 Å². The van der Waals surface area contributed by atoms with Crippen LogP contribution < -0.4 is 4.72 Å². The summed E-state index contributed by atoms with van der Waals surface area (Å²) < 4.78 is 26.8. The summed E-state index contributed by atoms with van der Waals surface area (Å²) in [6.45, 7) is 3.18. The van der Waals surface area contributed by atoms with Gasteiger partial charge in [-0.25, -0.2) is 8.42 Å². The number of nitrogens with zero attached hydrogens (tertiary/aromatic N) is 1. The summed E-state index contributed by atoms with van der Waals surface area (Å²) in [6.07, 6.45) is 0.199. The Morgan fingerprint density at radius 1 is 1.43 bits per heavy atom. The molecule has 21 heavy (non-hydrogen) atoms. The molecule has 6 nitrogen and oxygen atoms in total. The zero-order chi connectivity index (χ0) is 16.3. The molecule has 0 saturated carbocycles. The van der Waals surface area contributed by atoms with Crippen molar-refractivity contribution in [2.24, 2.45) is 0 Å². The van der Waals surface area contributed by atoms with Crippen LogP contribution >= 0.6 is 11.6 Å². The predicted octanol–water partition coefficient (Wildman–Crippen LogP) is 2.13. The highest BCUT2D eigenvalue weighted by Crippen LogP contribution is 2.23. The van der Waals surface area contributed by atoms with Crippen LogP contribution in [-0.4, -0.2) is 25.0 Å². The quantitative estimate of drug-likeness (QED) is 0.830. The topological polar surface area (TPSA) is 107 Å². The summed E-state index contributed by atoms with van der Waals surface area (Å²) in [7, 11) is -4.06. The zero-order valence-corrected chi connectivity index (χ0v) is 13.1. The van der Waals surface area contributed by atoms with Gasteiger partial charge in [0.25, 0.3) is 0 Å². The Kier molecular flexibility index (Phi) is 5.34. The minimum atomic E-state index is -4.06. The van der Waals surface area contributed by atoms with Gasteiger partial charge in [0.1, 0.15) is 11.6 Å². The van der Waals surface area contributed by atoms with E-state index in [0.29, 0.717) is 0 Å². The van der Waals surface area contributed by atoms with E-state index in [9.17, 15) is 18.3 Å². The average Bonchev–Trinajstić information content (AvgIpc) is 2.44. The molecule has 0 bridgehead atoms. The molecule has 1 rings (SSSR count). The molecule has 0 fully saturated rings. The van der Waals surface area contributed by atoms with Crippen LogP contribution in [0, 0.1) is 11.3 Å². The second-order valence-corrected chi connectivity index (χ2v) is 6.54. The molecule has 1 aromatic rings. The molecule has 0 amide bonds. The van der Waals surface area contributed by atoms with Gasteiger partial charge in [0.05, 0.1) is 15.5 Å². The third-order valence-corrected chi connectivity index (χ3v) is 5.16. The van der Waals surface area contributed by atoms with E-state index in [1.54, 1.807) is 13.8 Å². The van der Waals surface area contributed by atoms with Gasteiger partial charge in [-0.3, -0.25) is 4.79 Å². The number of carboxylic acid groups (broad SMARTS) is 1. The van der Waals surface area contributed by atoms with Crippen molar-refractivity contribution in [1.29, 1.82) is 5.26 Å². The summed E-state index contributed by atoms with van der Waals surface area (Å²) in [4.78, 5) is 11.2. The SMILES string of the molecule is CCC(CC)(NS(=O)(=O)c1ccc(C#N)c(Cl)c1)C(=O)O. The molecule has 0 saturated heterocycles. The van der Waals surface area contributed by atoms with Crippen molar-refractivity contribution in [1.82, 2.24) is 4.72 Å². The Labute approximate surface area is 128 Å². The number of hydrogen-bond acceptors (Lipinski definition) is 4. The smallest absolute Gasteiger partial charge is 0.324 e. The van der Waals surface area contributed by atoms with E-state index in [1.807, 2.05) is 6.07 Å². The maximum atomic E-state index is 12.3. The molecule has 0 heterocycles. The fraction of sp³-hybridized carbons (Fsp3) is 0.385. The van der Waals surface area contributed by atoms with Crippen molar-refractivity contribution in [2.45, 2.75) is 37.1 Å². The van der Waals surface area contributed by atoms with Crippen molar-refractivity contribution >= 4 is 27.6 Å². The van der Waals surface area contributed by atoms with E-state index in [-0.39, 0.29) is 28.3 Å². The normalized spacial score (nSPS) is 11.9. The lowest BCUT2D eigenvalue weighted by atomic mass is 9.95. The van der Waals surface area contributed by atoms with Crippen LogP contribution in [0.3, 0.4) is 0 Å². The molecule has 8 heteroatoms. The minimum Gasteiger partial charge on any atom is -0.480 e. The van der Waals surface area contributed by atoms with Crippen molar-refractivity contribution in [3.63, 3.8) is 0 Å². The Bertz CT molecular complexity index is 691. The lowest BCUT2D eigenvalue weighted by Gasteiger charge is -2.27. The number of carboxylic acids is 1. The summed E-state index contributed by atoms with van der Waals surface area (Å²) in [5, 5.41) is 18.0. The van der Waals surface area contributed by atoms with Gasteiger partial charge in [-0.05, 0) is 31.0 Å². The van der Waals surface area contributed by atoms with Gasteiger partial charge >= 0.3 is 5.97 Å². The number of halogens is 1. The van der Waals surface area contributed by atoms with Gasteiger partial charge < -0.3 is 5.11 Å². The van der Waals surface area contributed by atoms with Gasteiger partial charge in [0.15, 0.2) is 0 Å². The maximum Gasteiger partial charge on any atom is 0.324 e. The van der Waals surface area contributed by atoms with E-state index < -0.39 is 21.5 Å². The van der Waals surface area contributed by atoms with Crippen LogP contribution in [0.5, 0.6) is 0 Å². The first-order chi connectivity index (χ1) is 9.72. The standard InChI is InChI=1S/C13H15ClN2O4S/c1-3-13(4-2,12(17)18)16-21(19,20)10-6-5-9(8-15)11(14)7-10/h5-7,16H,3-4H2,1-2H3,(H,17,18). The first-order valence-corrected chi connectivity index (χ1v) is 8.05. The fourth-order valence-corrected chi connectivity index (χ4v) is 3.63. The number of nitrogens with one attached hydrogen (secondary N) is 1. The number of aliphatic carboxylic acids is 1. The molecule has 114 valence electrons. The van der Waals surface area contributed by atoms with Crippen LogP contribution in [0.1, 0.15) is 32.3 Å². The molecule has 0 atom stereocenters. The van der Waals surface area contributed by atoms with E-state index in [2.05, 4.69) is 4.72 Å². The lowest BCUT2D eigenvalue weighted by Crippen LogP contribution is -2.53. The fourth-order valence-electron chi connectivity index (χ4n) is 1.81. The molecular formula is C13H15ClN2O4S. The molecule has 0 aliphatic rings. The number of nitriles is 1. The number of hydrogen-bond donors (Lipinski definition) is 2. The largest absolute Gasteiger partial charge is 0.480 e. The van der Waals surface area contributed by atoms with Gasteiger partial charge in [-0.1, -0.05) is 25.4 Å². The Morgan fingerprint density at radius 2 is 2.00 bits per heavy atom. The monoisotopic (exact) mass is 330 g/mol. The molecule has 1 aromatic carbocycles. The first kappa shape index (κ1) is 17.4. The van der Waals surface area contributed by atoms with Crippen LogP contribution in [0.4, 0.5) is 0 Å². The van der Waals surface area contributed by atoms with Gasteiger partial charge in [0, 0.05) is 0 Å². The first-order valence-electron chi connectivity index (χ1n) is 6.19. The molecule has 0 spiro atoms. The van der Waals surface area contributed by atoms with E-state index >= 15 is 0 Å². The number of rotatable bonds is 6. The number of benzene rings is 1. The molecule has 0 radical (unpaired) electrons. The zero-order valence-electron chi connectivity index (χ0n) is 11.6. The molecule has 0 aliphatic carbocycles. The Balaban J connectivity index is 3.26. The molecule has 2 N–H and O–H groups in total. The van der Waals surface area contributed by atoms with Crippen molar-refractivity contribution in [2.75, 3.05) is 0 Å². The maximum absolute atomic E-state index is 12.3. The van der Waals surface area contributed by atoms with Gasteiger partial charge in [-0.2, -0.15) is 9.98 Å². The Hall–Kier alpha value is -1.62. The highest BCUT2D eigenvalue weighted by molar-refractivity contribution is 7.89. The van der Waals surface area contributed by atoms with Crippen LogP contribution in [0.25, 0.3) is 0 Å². The van der Waals surface area contributed by atoms with Crippen LogP contribution in [0.2, 0.25) is 5.02 Å². The van der Waals surface area contributed by atoms with Crippen molar-refractivity contribution < 1.29 is 18.3 Å². The summed E-state index contributed by atoms with van der Waals surface area (Å²) in [5.41, 5.74) is -1.43. The second-order valence-electron chi connectivity index (χ2n) is 4.45. The van der Waals surface area contributed by atoms with Gasteiger partial charge in [-0.15, -0.1) is 0 Å². The summed E-state index contributed by atoms with van der Waals surface area (Å²) in [6, 6.07) is 5.43. The van der Waals surface area contributed by atoms with Crippen molar-refractivity contribution in [3.05, 3.63) is 28.8 Å². The summed E-state index contributed by atoms with van der Waals surface area (Å²) >= 11 is 5.81. The molecular weight excluding hydrogens is 316 g/mol. The van der Waals surface area contributed by atoms with Crippen LogP contribution in [-0.2, 0) is 14.8 Å². The third kappa shape index (κ3) is 3.53. The molecule has 0 aliphatic heterocycles. The van der Waals surface area contributed by atoms with E-state index in [4.69, 9.17) is 16.9 Å². The minimum absolute atomic E-state index is 0.00528.